The lowest BCUT2D eigenvalue weighted by Gasteiger charge is -2.28. The number of anilines is 2. The summed E-state index contributed by atoms with van der Waals surface area (Å²) < 4.78 is 10.5. The summed E-state index contributed by atoms with van der Waals surface area (Å²) in [5.41, 5.74) is 1.70. The number of nitrogens with zero attached hydrogens (tertiary/aromatic N) is 2. The minimum absolute atomic E-state index is 0.160. The summed E-state index contributed by atoms with van der Waals surface area (Å²) in [6, 6.07) is 13.3. The Morgan fingerprint density at radius 1 is 1.17 bits per heavy atom. The van der Waals surface area contributed by atoms with E-state index in [1.807, 2.05) is 12.1 Å². The Bertz CT molecular complexity index is 909. The first-order chi connectivity index (χ1) is 14.4. The highest BCUT2D eigenvalue weighted by atomic mass is 16.6. The molecule has 9 heteroatoms. The van der Waals surface area contributed by atoms with Crippen molar-refractivity contribution in [1.29, 1.82) is 0 Å². The summed E-state index contributed by atoms with van der Waals surface area (Å²) >= 11 is 0. The number of carbonyl (C=O) groups is 2. The standard InChI is InChI=1S/C21H23N3O6/c1-15(30-20(25)14-16-4-2-3-5-19(16)24(27)28)21(26)22-17-6-8-18(9-7-17)23-10-12-29-13-11-23/h2-9,15H,10-14H2,1H3,(H,22,26)/t15-/m1/s1. The predicted octanol–water partition coefficient (Wildman–Crippen LogP) is 2.54. The minimum atomic E-state index is -1.04. The zero-order valence-electron chi connectivity index (χ0n) is 16.6. The predicted molar refractivity (Wildman–Crippen MR) is 110 cm³/mol. The SMILES string of the molecule is C[C@@H](OC(=O)Cc1ccccc1[N+](=O)[O-])C(=O)Nc1ccc(N2CCOCC2)cc1. The van der Waals surface area contributed by atoms with Crippen LogP contribution in [0.1, 0.15) is 12.5 Å². The topological polar surface area (TPSA) is 111 Å². The van der Waals surface area contributed by atoms with Crippen LogP contribution in [0.25, 0.3) is 0 Å². The lowest BCUT2D eigenvalue weighted by atomic mass is 10.1. The van der Waals surface area contributed by atoms with Crippen molar-refractivity contribution in [3.05, 3.63) is 64.2 Å². The first kappa shape index (κ1) is 21.3. The second-order valence-corrected chi connectivity index (χ2v) is 6.83. The molecule has 1 fully saturated rings. The number of nitrogens with one attached hydrogen (secondary N) is 1. The molecule has 1 aliphatic heterocycles. The molecule has 1 N–H and O–H groups in total. The molecule has 1 saturated heterocycles. The summed E-state index contributed by atoms with van der Waals surface area (Å²) in [7, 11) is 0. The molecule has 3 rings (SSSR count). The fraction of sp³-hybridized carbons (Fsp3) is 0.333. The summed E-state index contributed by atoms with van der Waals surface area (Å²) in [6.07, 6.45) is -1.33. The molecule has 2 aromatic carbocycles. The number of esters is 1. The van der Waals surface area contributed by atoms with Crippen LogP contribution in [-0.2, 0) is 25.5 Å². The van der Waals surface area contributed by atoms with Gasteiger partial charge in [0, 0.05) is 36.1 Å². The fourth-order valence-corrected chi connectivity index (χ4v) is 3.11. The average Bonchev–Trinajstić information content (AvgIpc) is 2.75. The van der Waals surface area contributed by atoms with Crippen LogP contribution in [0.4, 0.5) is 17.1 Å². The van der Waals surface area contributed by atoms with Gasteiger partial charge in [0.2, 0.25) is 0 Å². The van der Waals surface area contributed by atoms with E-state index in [9.17, 15) is 19.7 Å². The van der Waals surface area contributed by atoms with Gasteiger partial charge >= 0.3 is 5.97 Å². The van der Waals surface area contributed by atoms with Crippen LogP contribution in [0.2, 0.25) is 0 Å². The molecule has 9 nitrogen and oxygen atoms in total. The molecule has 1 heterocycles. The molecule has 0 bridgehead atoms. The molecule has 1 atom stereocenters. The lowest BCUT2D eigenvalue weighted by Crippen LogP contribution is -2.36. The Labute approximate surface area is 173 Å². The van der Waals surface area contributed by atoms with Crippen LogP contribution in [0.15, 0.2) is 48.5 Å². The molecule has 0 aromatic heterocycles. The summed E-state index contributed by atoms with van der Waals surface area (Å²) in [5, 5.41) is 13.7. The van der Waals surface area contributed by atoms with E-state index in [2.05, 4.69) is 10.2 Å². The molecular formula is C21H23N3O6. The fourth-order valence-electron chi connectivity index (χ4n) is 3.11. The molecule has 1 amide bonds. The monoisotopic (exact) mass is 413 g/mol. The second kappa shape index (κ2) is 9.84. The van der Waals surface area contributed by atoms with Gasteiger partial charge in [0.25, 0.3) is 11.6 Å². The highest BCUT2D eigenvalue weighted by Gasteiger charge is 2.21. The van der Waals surface area contributed by atoms with Crippen LogP contribution in [-0.4, -0.2) is 49.2 Å². The number of hydrogen-bond donors (Lipinski definition) is 1. The number of carbonyl (C=O) groups excluding carboxylic acids is 2. The lowest BCUT2D eigenvalue weighted by molar-refractivity contribution is -0.385. The first-order valence-electron chi connectivity index (χ1n) is 9.59. The maximum atomic E-state index is 12.3. The quantitative estimate of drug-likeness (QED) is 0.422. The van der Waals surface area contributed by atoms with Gasteiger partial charge < -0.3 is 19.7 Å². The number of ether oxygens (including phenoxy) is 2. The van der Waals surface area contributed by atoms with Crippen molar-refractivity contribution in [3.63, 3.8) is 0 Å². The van der Waals surface area contributed by atoms with Gasteiger partial charge in [-0.3, -0.25) is 19.7 Å². The molecule has 0 unspecified atom stereocenters. The first-order valence-corrected chi connectivity index (χ1v) is 9.59. The smallest absolute Gasteiger partial charge is 0.311 e. The van der Waals surface area contributed by atoms with Gasteiger partial charge in [0.1, 0.15) is 0 Å². The van der Waals surface area contributed by atoms with Crippen molar-refractivity contribution in [2.75, 3.05) is 36.5 Å². The zero-order chi connectivity index (χ0) is 21.5. The van der Waals surface area contributed by atoms with Gasteiger partial charge in [-0.15, -0.1) is 0 Å². The number of amides is 1. The van der Waals surface area contributed by atoms with E-state index in [-0.39, 0.29) is 17.7 Å². The number of nitro benzene ring substituents is 1. The average molecular weight is 413 g/mol. The Hall–Kier alpha value is -3.46. The van der Waals surface area contributed by atoms with E-state index in [1.165, 1.54) is 25.1 Å². The van der Waals surface area contributed by atoms with Gasteiger partial charge in [0.05, 0.1) is 24.6 Å². The van der Waals surface area contributed by atoms with Crippen molar-refractivity contribution >= 4 is 28.9 Å². The van der Waals surface area contributed by atoms with E-state index in [1.54, 1.807) is 18.2 Å². The number of hydrogen-bond acceptors (Lipinski definition) is 7. The normalized spacial score (nSPS) is 14.6. The van der Waals surface area contributed by atoms with Gasteiger partial charge in [-0.25, -0.2) is 0 Å². The van der Waals surface area contributed by atoms with Crippen molar-refractivity contribution in [3.8, 4) is 0 Å². The molecule has 2 aromatic rings. The van der Waals surface area contributed by atoms with Gasteiger partial charge in [-0.05, 0) is 31.2 Å². The second-order valence-electron chi connectivity index (χ2n) is 6.83. The van der Waals surface area contributed by atoms with Crippen LogP contribution in [0.5, 0.6) is 0 Å². The van der Waals surface area contributed by atoms with E-state index < -0.39 is 22.9 Å². The van der Waals surface area contributed by atoms with Gasteiger partial charge in [0.15, 0.2) is 6.10 Å². The zero-order valence-corrected chi connectivity index (χ0v) is 16.6. The molecule has 1 aliphatic rings. The van der Waals surface area contributed by atoms with Crippen molar-refractivity contribution in [2.24, 2.45) is 0 Å². The highest BCUT2D eigenvalue weighted by Crippen LogP contribution is 2.20. The third kappa shape index (κ3) is 5.54. The minimum Gasteiger partial charge on any atom is -0.452 e. The molecule has 0 saturated carbocycles. The Morgan fingerprint density at radius 2 is 1.83 bits per heavy atom. The van der Waals surface area contributed by atoms with Crippen LogP contribution >= 0.6 is 0 Å². The summed E-state index contributed by atoms with van der Waals surface area (Å²) in [5.74, 6) is -1.19. The van der Waals surface area contributed by atoms with Crippen molar-refractivity contribution in [2.45, 2.75) is 19.4 Å². The Balaban J connectivity index is 1.53. The number of morpholine rings is 1. The molecule has 0 spiro atoms. The van der Waals surface area contributed by atoms with Crippen molar-refractivity contribution < 1.29 is 24.0 Å². The highest BCUT2D eigenvalue weighted by molar-refractivity contribution is 5.95. The third-order valence-corrected chi connectivity index (χ3v) is 4.71. The van der Waals surface area contributed by atoms with Gasteiger partial charge in [-0.2, -0.15) is 0 Å². The number of nitro groups is 1. The van der Waals surface area contributed by atoms with E-state index in [4.69, 9.17) is 9.47 Å². The van der Waals surface area contributed by atoms with E-state index in [0.29, 0.717) is 18.9 Å². The summed E-state index contributed by atoms with van der Waals surface area (Å²) in [4.78, 5) is 37.2. The Kier molecular flexibility index (Phi) is 6.97. The Morgan fingerprint density at radius 3 is 2.50 bits per heavy atom. The molecule has 0 radical (unpaired) electrons. The summed E-state index contributed by atoms with van der Waals surface area (Å²) in [6.45, 7) is 4.46. The van der Waals surface area contributed by atoms with E-state index >= 15 is 0 Å². The molecule has 0 aliphatic carbocycles. The maximum absolute atomic E-state index is 12.3. The molecular weight excluding hydrogens is 390 g/mol. The maximum Gasteiger partial charge on any atom is 0.311 e. The largest absolute Gasteiger partial charge is 0.452 e. The van der Waals surface area contributed by atoms with Crippen LogP contribution in [0, 0.1) is 10.1 Å². The number of benzene rings is 2. The number of rotatable bonds is 7. The van der Waals surface area contributed by atoms with E-state index in [0.717, 1.165) is 18.8 Å². The number of para-hydroxylation sites is 1. The van der Waals surface area contributed by atoms with Crippen molar-refractivity contribution in [1.82, 2.24) is 0 Å². The van der Waals surface area contributed by atoms with Crippen LogP contribution < -0.4 is 10.2 Å². The third-order valence-electron chi connectivity index (χ3n) is 4.71. The molecule has 158 valence electrons. The van der Waals surface area contributed by atoms with Crippen LogP contribution in [0.3, 0.4) is 0 Å². The molecule has 30 heavy (non-hydrogen) atoms. The van der Waals surface area contributed by atoms with Gasteiger partial charge in [-0.1, -0.05) is 18.2 Å².